The predicted octanol–water partition coefficient (Wildman–Crippen LogP) is 5.59. The predicted molar refractivity (Wildman–Crippen MR) is 99.8 cm³/mol. The van der Waals surface area contributed by atoms with Gasteiger partial charge in [0.05, 0.1) is 16.2 Å². The number of fused-ring (bicyclic) bond motifs is 2. The molecule has 0 aliphatic carbocycles. The number of hydrogen-bond acceptors (Lipinski definition) is 3. The lowest BCUT2D eigenvalue weighted by Gasteiger charge is -2.05. The zero-order chi connectivity index (χ0) is 17.3. The average Bonchev–Trinajstić information content (AvgIpc) is 2.97. The average molecular weight is 359 g/mol. The molecule has 122 valence electrons. The highest BCUT2D eigenvalue weighted by atomic mass is 35.5. The molecule has 0 saturated heterocycles. The van der Waals surface area contributed by atoms with Crippen LogP contribution in [0.5, 0.6) is 0 Å². The number of imidazole rings is 1. The standard InChI is InChI=1S/C16H10Cl2N4.C2H6/c1-9-7-22-8-11(5-13(18)16(22)20-9)15-19-6-10-4-12(17)2-3-14(10)21-15;1-2/h2-8H,1H3;1-2H3. The first kappa shape index (κ1) is 16.7. The van der Waals surface area contributed by atoms with E-state index in [0.29, 0.717) is 15.9 Å². The smallest absolute Gasteiger partial charge is 0.161 e. The zero-order valence-corrected chi connectivity index (χ0v) is 15.1. The van der Waals surface area contributed by atoms with Crippen LogP contribution in [0.15, 0.2) is 42.9 Å². The third-order valence-electron chi connectivity index (χ3n) is 3.43. The van der Waals surface area contributed by atoms with Crippen molar-refractivity contribution in [1.82, 2.24) is 19.4 Å². The van der Waals surface area contributed by atoms with Crippen molar-refractivity contribution in [3.8, 4) is 11.4 Å². The molecule has 0 spiro atoms. The Morgan fingerprint density at radius 1 is 1.00 bits per heavy atom. The number of benzene rings is 1. The monoisotopic (exact) mass is 358 g/mol. The molecule has 3 aromatic heterocycles. The molecule has 1 aromatic carbocycles. The fraction of sp³-hybridized carbons (Fsp3) is 0.167. The Labute approximate surface area is 150 Å². The molecule has 3 heterocycles. The zero-order valence-electron chi connectivity index (χ0n) is 13.6. The first-order chi connectivity index (χ1) is 11.6. The van der Waals surface area contributed by atoms with Crippen LogP contribution in [0.3, 0.4) is 0 Å². The van der Waals surface area contributed by atoms with E-state index in [1.165, 1.54) is 0 Å². The van der Waals surface area contributed by atoms with Gasteiger partial charge in [-0.15, -0.1) is 0 Å². The molecular weight excluding hydrogens is 343 g/mol. The highest BCUT2D eigenvalue weighted by Gasteiger charge is 2.09. The highest BCUT2D eigenvalue weighted by Crippen LogP contribution is 2.25. The summed E-state index contributed by atoms with van der Waals surface area (Å²) in [5.74, 6) is 0.616. The van der Waals surface area contributed by atoms with Crippen LogP contribution in [0.4, 0.5) is 0 Å². The van der Waals surface area contributed by atoms with E-state index in [1.807, 2.05) is 61.8 Å². The molecule has 0 radical (unpaired) electrons. The van der Waals surface area contributed by atoms with Crippen LogP contribution in [0.1, 0.15) is 19.5 Å². The van der Waals surface area contributed by atoms with E-state index >= 15 is 0 Å². The maximum Gasteiger partial charge on any atom is 0.161 e. The molecule has 0 saturated carbocycles. The molecule has 0 atom stereocenters. The number of pyridine rings is 1. The van der Waals surface area contributed by atoms with Gasteiger partial charge < -0.3 is 4.40 Å². The van der Waals surface area contributed by atoms with Crippen molar-refractivity contribution < 1.29 is 0 Å². The highest BCUT2D eigenvalue weighted by molar-refractivity contribution is 6.33. The summed E-state index contributed by atoms with van der Waals surface area (Å²) in [4.78, 5) is 13.4. The SMILES string of the molecule is CC.Cc1cn2cc(-c3ncc4cc(Cl)ccc4n3)cc(Cl)c2n1. The second-order valence-electron chi connectivity index (χ2n) is 5.09. The van der Waals surface area contributed by atoms with E-state index in [2.05, 4.69) is 15.0 Å². The van der Waals surface area contributed by atoms with Crippen LogP contribution in [0.2, 0.25) is 10.0 Å². The lowest BCUT2D eigenvalue weighted by atomic mass is 10.2. The van der Waals surface area contributed by atoms with Gasteiger partial charge in [0.2, 0.25) is 0 Å². The number of halogens is 2. The van der Waals surface area contributed by atoms with Crippen molar-refractivity contribution in [3.63, 3.8) is 0 Å². The molecule has 4 nitrogen and oxygen atoms in total. The normalized spacial score (nSPS) is 10.7. The summed E-state index contributed by atoms with van der Waals surface area (Å²) >= 11 is 12.3. The van der Waals surface area contributed by atoms with Crippen molar-refractivity contribution in [2.75, 3.05) is 0 Å². The Morgan fingerprint density at radius 2 is 1.79 bits per heavy atom. The molecule has 0 unspecified atom stereocenters. The third kappa shape index (κ3) is 3.07. The van der Waals surface area contributed by atoms with Gasteiger partial charge in [-0.2, -0.15) is 0 Å². The molecule has 4 rings (SSSR count). The van der Waals surface area contributed by atoms with Crippen molar-refractivity contribution >= 4 is 39.8 Å². The molecule has 0 aliphatic rings. The lowest BCUT2D eigenvalue weighted by molar-refractivity contribution is 1.16. The summed E-state index contributed by atoms with van der Waals surface area (Å²) in [6, 6.07) is 7.37. The fourth-order valence-electron chi connectivity index (χ4n) is 2.45. The van der Waals surface area contributed by atoms with Gasteiger partial charge in [0.25, 0.3) is 0 Å². The molecule has 0 fully saturated rings. The molecule has 0 N–H and O–H groups in total. The summed E-state index contributed by atoms with van der Waals surface area (Å²) < 4.78 is 1.89. The Hall–Kier alpha value is -2.17. The van der Waals surface area contributed by atoms with Gasteiger partial charge in [0, 0.05) is 34.6 Å². The topological polar surface area (TPSA) is 43.1 Å². The van der Waals surface area contributed by atoms with Gasteiger partial charge in [-0.05, 0) is 31.2 Å². The van der Waals surface area contributed by atoms with Crippen molar-refractivity contribution in [2.24, 2.45) is 0 Å². The number of rotatable bonds is 1. The van der Waals surface area contributed by atoms with Gasteiger partial charge >= 0.3 is 0 Å². The Bertz CT molecular complexity index is 1020. The van der Waals surface area contributed by atoms with E-state index in [9.17, 15) is 0 Å². The molecule has 4 aromatic rings. The van der Waals surface area contributed by atoms with E-state index in [1.54, 1.807) is 6.20 Å². The lowest BCUT2D eigenvalue weighted by Crippen LogP contribution is -1.93. The largest absolute Gasteiger partial charge is 0.305 e. The Morgan fingerprint density at radius 3 is 2.58 bits per heavy atom. The first-order valence-corrected chi connectivity index (χ1v) is 8.43. The van der Waals surface area contributed by atoms with Crippen LogP contribution in [-0.4, -0.2) is 19.4 Å². The maximum atomic E-state index is 6.31. The van der Waals surface area contributed by atoms with E-state index in [4.69, 9.17) is 23.2 Å². The van der Waals surface area contributed by atoms with Crippen LogP contribution in [0, 0.1) is 6.92 Å². The molecule has 24 heavy (non-hydrogen) atoms. The van der Waals surface area contributed by atoms with Gasteiger partial charge in [-0.3, -0.25) is 0 Å². The molecule has 0 bridgehead atoms. The minimum Gasteiger partial charge on any atom is -0.305 e. The second-order valence-corrected chi connectivity index (χ2v) is 5.93. The summed E-state index contributed by atoms with van der Waals surface area (Å²) in [7, 11) is 0. The van der Waals surface area contributed by atoms with Crippen LogP contribution in [0.25, 0.3) is 27.9 Å². The van der Waals surface area contributed by atoms with Gasteiger partial charge in [0.1, 0.15) is 0 Å². The fourth-order valence-corrected chi connectivity index (χ4v) is 2.88. The van der Waals surface area contributed by atoms with E-state index in [0.717, 1.165) is 27.8 Å². The molecule has 0 aliphatic heterocycles. The van der Waals surface area contributed by atoms with E-state index < -0.39 is 0 Å². The maximum absolute atomic E-state index is 6.31. The number of aromatic nitrogens is 4. The second kappa shape index (κ2) is 6.75. The number of hydrogen-bond donors (Lipinski definition) is 0. The van der Waals surface area contributed by atoms with Gasteiger partial charge in [-0.25, -0.2) is 15.0 Å². The van der Waals surface area contributed by atoms with Crippen molar-refractivity contribution in [3.05, 3.63) is 58.6 Å². The van der Waals surface area contributed by atoms with Crippen LogP contribution in [-0.2, 0) is 0 Å². The van der Waals surface area contributed by atoms with Crippen molar-refractivity contribution in [1.29, 1.82) is 0 Å². The van der Waals surface area contributed by atoms with E-state index in [-0.39, 0.29) is 0 Å². The van der Waals surface area contributed by atoms with Gasteiger partial charge in [-0.1, -0.05) is 37.0 Å². The molecular formula is C18H16Cl2N4. The molecule has 0 amide bonds. The summed E-state index contributed by atoms with van der Waals surface area (Å²) in [6.07, 6.45) is 5.62. The minimum absolute atomic E-state index is 0.574. The molecule has 6 heteroatoms. The first-order valence-electron chi connectivity index (χ1n) is 7.68. The summed E-state index contributed by atoms with van der Waals surface area (Å²) in [5, 5.41) is 2.15. The van der Waals surface area contributed by atoms with Gasteiger partial charge in [0.15, 0.2) is 11.5 Å². The number of aryl methyl sites for hydroxylation is 1. The summed E-state index contributed by atoms with van der Waals surface area (Å²) in [6.45, 7) is 5.93. The third-order valence-corrected chi connectivity index (χ3v) is 3.94. The Balaban J connectivity index is 0.000000815. The van der Waals surface area contributed by atoms with Crippen LogP contribution < -0.4 is 0 Å². The summed E-state index contributed by atoms with van der Waals surface area (Å²) in [5.41, 5.74) is 3.32. The quantitative estimate of drug-likeness (QED) is 0.445. The van der Waals surface area contributed by atoms with Crippen LogP contribution >= 0.6 is 23.2 Å². The minimum atomic E-state index is 0.574. The van der Waals surface area contributed by atoms with Crippen molar-refractivity contribution in [2.45, 2.75) is 20.8 Å². The Kier molecular flexibility index (Phi) is 4.69. The number of nitrogens with zero attached hydrogens (tertiary/aromatic N) is 4.